The topological polar surface area (TPSA) is 70.7 Å². The van der Waals surface area contributed by atoms with Gasteiger partial charge < -0.3 is 24.1 Å². The second-order valence-corrected chi connectivity index (χ2v) is 8.88. The van der Waals surface area contributed by atoms with E-state index in [1.165, 1.54) is 0 Å². The van der Waals surface area contributed by atoms with Crippen molar-refractivity contribution in [3.8, 4) is 11.5 Å². The van der Waals surface area contributed by atoms with Crippen molar-refractivity contribution in [3.05, 3.63) is 36.2 Å². The second-order valence-electron chi connectivity index (χ2n) is 8.88. The number of carbonyl (C=O) groups excluding carboxylic acids is 2. The number of aromatic nitrogens is 1. The maximum Gasteiger partial charge on any atom is 0.271 e. The van der Waals surface area contributed by atoms with Gasteiger partial charge in [0.05, 0.1) is 18.5 Å². The molecule has 0 saturated heterocycles. The van der Waals surface area contributed by atoms with Gasteiger partial charge in [0.2, 0.25) is 5.91 Å². The van der Waals surface area contributed by atoms with Crippen LogP contribution in [0.4, 0.5) is 0 Å². The number of rotatable bonds is 8. The number of carbonyl (C=O) groups is 2. The molecule has 1 saturated carbocycles. The first-order valence-electron chi connectivity index (χ1n) is 11.6. The van der Waals surface area contributed by atoms with Crippen molar-refractivity contribution in [2.24, 2.45) is 0 Å². The number of likely N-dealkylation sites (N-methyl/N-ethyl adjacent to an activating group) is 1. The number of nitrogens with zero attached hydrogens (tertiary/aromatic N) is 3. The molecule has 1 aliphatic heterocycles. The zero-order valence-corrected chi connectivity index (χ0v) is 18.9. The van der Waals surface area contributed by atoms with Crippen molar-refractivity contribution in [3.63, 3.8) is 0 Å². The van der Waals surface area contributed by atoms with Crippen molar-refractivity contribution in [1.29, 1.82) is 0 Å². The molecular weight excluding hydrogens is 392 g/mol. The fourth-order valence-electron chi connectivity index (χ4n) is 4.95. The van der Waals surface area contributed by atoms with Crippen molar-refractivity contribution in [1.82, 2.24) is 19.7 Å². The Morgan fingerprint density at radius 2 is 1.90 bits per heavy atom. The van der Waals surface area contributed by atoms with Crippen molar-refractivity contribution in [2.75, 3.05) is 26.2 Å². The lowest BCUT2D eigenvalue weighted by molar-refractivity contribution is -0.133. The number of fused-ring (bicyclic) bond motifs is 1. The third kappa shape index (κ3) is 4.03. The maximum absolute atomic E-state index is 13.6. The Hall–Kier alpha value is -2.54. The molecular formula is C24H34N4O3. The molecule has 2 amide bonds. The SMILES string of the molecule is CCN(CC)CCN1C(=O)c2ccc(-c3ccco3)n2CC1(C)C(=O)NC1CCCC1. The minimum atomic E-state index is -0.958. The van der Waals surface area contributed by atoms with Crippen LogP contribution >= 0.6 is 0 Å². The Balaban J connectivity index is 1.67. The van der Waals surface area contributed by atoms with E-state index in [1.54, 1.807) is 11.2 Å². The monoisotopic (exact) mass is 426 g/mol. The van der Waals surface area contributed by atoms with E-state index in [1.807, 2.05) is 35.8 Å². The van der Waals surface area contributed by atoms with E-state index in [-0.39, 0.29) is 17.9 Å². The Morgan fingerprint density at radius 1 is 1.19 bits per heavy atom. The molecule has 0 spiro atoms. The first-order chi connectivity index (χ1) is 15.0. The molecule has 7 heteroatoms. The molecule has 168 valence electrons. The van der Waals surface area contributed by atoms with Gasteiger partial charge in [-0.15, -0.1) is 0 Å². The van der Waals surface area contributed by atoms with Crippen LogP contribution < -0.4 is 5.32 Å². The van der Waals surface area contributed by atoms with Crippen molar-refractivity contribution >= 4 is 11.8 Å². The number of hydrogen-bond acceptors (Lipinski definition) is 4. The Kier molecular flexibility index (Phi) is 6.23. The van der Waals surface area contributed by atoms with Gasteiger partial charge in [0.25, 0.3) is 5.91 Å². The Bertz CT molecular complexity index is 909. The van der Waals surface area contributed by atoms with Gasteiger partial charge in [0.15, 0.2) is 0 Å². The van der Waals surface area contributed by atoms with Crippen LogP contribution in [0.25, 0.3) is 11.5 Å². The lowest BCUT2D eigenvalue weighted by Gasteiger charge is -2.45. The molecule has 2 aliphatic rings. The second kappa shape index (κ2) is 8.91. The largest absolute Gasteiger partial charge is 0.463 e. The summed E-state index contributed by atoms with van der Waals surface area (Å²) < 4.78 is 7.55. The molecule has 4 rings (SSSR count). The van der Waals surface area contributed by atoms with Gasteiger partial charge in [-0.25, -0.2) is 0 Å². The normalized spacial score (nSPS) is 21.7. The van der Waals surface area contributed by atoms with E-state index in [2.05, 4.69) is 24.1 Å². The fourth-order valence-corrected chi connectivity index (χ4v) is 4.95. The van der Waals surface area contributed by atoms with Crippen LogP contribution in [0.2, 0.25) is 0 Å². The molecule has 0 aromatic carbocycles. The first kappa shape index (κ1) is 21.7. The van der Waals surface area contributed by atoms with Gasteiger partial charge in [-0.05, 0) is 57.1 Å². The summed E-state index contributed by atoms with van der Waals surface area (Å²) in [5.41, 5.74) is 0.480. The number of hydrogen-bond donors (Lipinski definition) is 1. The number of amides is 2. The molecule has 3 heterocycles. The van der Waals surface area contributed by atoms with Gasteiger partial charge in [-0.2, -0.15) is 0 Å². The minimum Gasteiger partial charge on any atom is -0.463 e. The van der Waals surface area contributed by atoms with E-state index in [9.17, 15) is 9.59 Å². The van der Waals surface area contributed by atoms with Gasteiger partial charge >= 0.3 is 0 Å². The maximum atomic E-state index is 13.6. The summed E-state index contributed by atoms with van der Waals surface area (Å²) in [7, 11) is 0. The number of furan rings is 1. The molecule has 1 aliphatic carbocycles. The van der Waals surface area contributed by atoms with Crippen LogP contribution in [0.15, 0.2) is 34.9 Å². The van der Waals surface area contributed by atoms with E-state index < -0.39 is 5.54 Å². The fraction of sp³-hybridized carbons (Fsp3) is 0.583. The van der Waals surface area contributed by atoms with Crippen LogP contribution in [0, 0.1) is 0 Å². The zero-order valence-electron chi connectivity index (χ0n) is 18.9. The number of nitrogens with one attached hydrogen (secondary N) is 1. The Morgan fingerprint density at radius 3 is 2.55 bits per heavy atom. The van der Waals surface area contributed by atoms with Crippen LogP contribution in [-0.2, 0) is 11.3 Å². The molecule has 0 radical (unpaired) electrons. The highest BCUT2D eigenvalue weighted by molar-refractivity contribution is 6.00. The smallest absolute Gasteiger partial charge is 0.271 e. The van der Waals surface area contributed by atoms with Crippen molar-refractivity contribution in [2.45, 2.75) is 64.6 Å². The quantitative estimate of drug-likeness (QED) is 0.703. The first-order valence-corrected chi connectivity index (χ1v) is 11.6. The molecule has 1 atom stereocenters. The van der Waals surface area contributed by atoms with Crippen LogP contribution in [0.3, 0.4) is 0 Å². The van der Waals surface area contributed by atoms with Crippen LogP contribution in [0.5, 0.6) is 0 Å². The minimum absolute atomic E-state index is 0.0583. The van der Waals surface area contributed by atoms with Crippen LogP contribution in [0.1, 0.15) is 56.9 Å². The molecule has 1 N–H and O–H groups in total. The van der Waals surface area contributed by atoms with Crippen LogP contribution in [-0.4, -0.2) is 63.9 Å². The highest BCUT2D eigenvalue weighted by atomic mass is 16.3. The lowest BCUT2D eigenvalue weighted by Crippen LogP contribution is -2.65. The van der Waals surface area contributed by atoms with Gasteiger partial charge in [0, 0.05) is 19.1 Å². The molecule has 7 nitrogen and oxygen atoms in total. The third-order valence-electron chi connectivity index (χ3n) is 6.99. The predicted octanol–water partition coefficient (Wildman–Crippen LogP) is 3.36. The van der Waals surface area contributed by atoms with Gasteiger partial charge in [-0.3, -0.25) is 9.59 Å². The average Bonchev–Trinajstić information content (AvgIpc) is 3.52. The lowest BCUT2D eigenvalue weighted by atomic mass is 9.94. The highest BCUT2D eigenvalue weighted by Gasteiger charge is 2.48. The highest BCUT2D eigenvalue weighted by Crippen LogP contribution is 2.33. The summed E-state index contributed by atoms with van der Waals surface area (Å²) in [5, 5.41) is 3.25. The summed E-state index contributed by atoms with van der Waals surface area (Å²) in [6.07, 6.45) is 5.96. The summed E-state index contributed by atoms with van der Waals surface area (Å²) >= 11 is 0. The van der Waals surface area contributed by atoms with E-state index >= 15 is 0 Å². The molecule has 1 fully saturated rings. The molecule has 2 aromatic heterocycles. The molecule has 1 unspecified atom stereocenters. The van der Waals surface area contributed by atoms with Crippen molar-refractivity contribution < 1.29 is 14.0 Å². The predicted molar refractivity (Wildman–Crippen MR) is 120 cm³/mol. The molecule has 0 bridgehead atoms. The summed E-state index contributed by atoms with van der Waals surface area (Å²) in [4.78, 5) is 31.3. The summed E-state index contributed by atoms with van der Waals surface area (Å²) in [6, 6.07) is 7.69. The van der Waals surface area contributed by atoms with E-state index in [4.69, 9.17) is 4.42 Å². The van der Waals surface area contributed by atoms with Gasteiger partial charge in [0.1, 0.15) is 17.0 Å². The third-order valence-corrected chi connectivity index (χ3v) is 6.99. The summed E-state index contributed by atoms with van der Waals surface area (Å²) in [5.74, 6) is 0.548. The standard InChI is InChI=1S/C24H34N4O3/c1-4-26(5-2)14-15-28-22(29)20-13-12-19(21-11-8-16-31-21)27(20)17-24(28,3)23(30)25-18-9-6-7-10-18/h8,11-13,16,18H,4-7,9-10,14-15,17H2,1-3H3,(H,25,30). The molecule has 2 aromatic rings. The van der Waals surface area contributed by atoms with E-state index in [0.29, 0.717) is 24.5 Å². The molecule has 31 heavy (non-hydrogen) atoms. The summed E-state index contributed by atoms with van der Waals surface area (Å²) in [6.45, 7) is 9.67. The zero-order chi connectivity index (χ0) is 22.0. The Labute approximate surface area is 184 Å². The van der Waals surface area contributed by atoms with Gasteiger partial charge in [-0.1, -0.05) is 26.7 Å². The van der Waals surface area contributed by atoms with E-state index in [0.717, 1.165) is 51.0 Å². The average molecular weight is 427 g/mol.